The van der Waals surface area contributed by atoms with Gasteiger partial charge in [-0.15, -0.1) is 0 Å². The SMILES string of the molecule is O=C(NCc1ccccc1)[C@@H]1C[C@@]2(CCN1C(=O)OCC1c3ccccc3-c3ccccc31)CC(c1ccccc1)=NO2. The second-order valence-electron chi connectivity index (χ2n) is 11.5. The molecule has 2 amide bonds. The molecule has 216 valence electrons. The summed E-state index contributed by atoms with van der Waals surface area (Å²) < 4.78 is 6.00. The van der Waals surface area contributed by atoms with Crippen molar-refractivity contribution in [2.24, 2.45) is 5.16 Å². The fourth-order valence-electron chi connectivity index (χ4n) is 6.63. The highest BCUT2D eigenvalue weighted by Gasteiger charge is 2.50. The van der Waals surface area contributed by atoms with Crippen LogP contribution in [0.4, 0.5) is 4.79 Å². The number of hydrogen-bond donors (Lipinski definition) is 1. The van der Waals surface area contributed by atoms with Gasteiger partial charge < -0.3 is 14.9 Å². The summed E-state index contributed by atoms with van der Waals surface area (Å²) in [5, 5.41) is 7.47. The summed E-state index contributed by atoms with van der Waals surface area (Å²) in [6, 6.07) is 35.5. The normalized spacial score (nSPS) is 20.6. The molecule has 0 radical (unpaired) electrons. The molecule has 7 heteroatoms. The molecule has 0 saturated carbocycles. The fraction of sp³-hybridized carbons (Fsp3) is 0.250. The van der Waals surface area contributed by atoms with Crippen LogP contribution in [0.1, 0.15) is 47.4 Å². The van der Waals surface area contributed by atoms with E-state index in [9.17, 15) is 9.59 Å². The first-order chi connectivity index (χ1) is 21.1. The van der Waals surface area contributed by atoms with Crippen LogP contribution >= 0.6 is 0 Å². The van der Waals surface area contributed by atoms with Crippen LogP contribution in [-0.4, -0.2) is 47.4 Å². The molecule has 4 aromatic rings. The minimum atomic E-state index is -0.751. The van der Waals surface area contributed by atoms with Gasteiger partial charge in [0.1, 0.15) is 18.2 Å². The van der Waals surface area contributed by atoms with E-state index in [1.807, 2.05) is 84.9 Å². The summed E-state index contributed by atoms with van der Waals surface area (Å²) in [6.45, 7) is 0.899. The van der Waals surface area contributed by atoms with Gasteiger partial charge in [-0.3, -0.25) is 9.69 Å². The second kappa shape index (κ2) is 11.4. The molecule has 1 fully saturated rings. The van der Waals surface area contributed by atoms with Crippen LogP contribution in [0.2, 0.25) is 0 Å². The van der Waals surface area contributed by atoms with Gasteiger partial charge in [-0.05, 0) is 33.4 Å². The number of carbonyl (C=O) groups excluding carboxylic acids is 2. The Morgan fingerprint density at radius 2 is 1.49 bits per heavy atom. The Bertz CT molecular complexity index is 1630. The average Bonchev–Trinajstić information content (AvgIpc) is 3.62. The van der Waals surface area contributed by atoms with Gasteiger partial charge in [0.2, 0.25) is 5.91 Å². The molecule has 2 atom stereocenters. The molecule has 0 unspecified atom stereocenters. The molecule has 0 aromatic heterocycles. The maximum Gasteiger partial charge on any atom is 0.410 e. The summed E-state index contributed by atoms with van der Waals surface area (Å²) in [7, 11) is 0. The van der Waals surface area contributed by atoms with Crippen molar-refractivity contribution in [2.75, 3.05) is 13.2 Å². The first kappa shape index (κ1) is 27.0. The molecule has 43 heavy (non-hydrogen) atoms. The van der Waals surface area contributed by atoms with Crippen LogP contribution in [0, 0.1) is 0 Å². The van der Waals surface area contributed by atoms with Crippen molar-refractivity contribution in [1.29, 1.82) is 0 Å². The Balaban J connectivity index is 1.09. The van der Waals surface area contributed by atoms with Crippen molar-refractivity contribution >= 4 is 17.7 Å². The van der Waals surface area contributed by atoms with Gasteiger partial charge in [0.25, 0.3) is 0 Å². The van der Waals surface area contributed by atoms with Gasteiger partial charge in [0.15, 0.2) is 0 Å². The van der Waals surface area contributed by atoms with E-state index in [4.69, 9.17) is 9.57 Å². The number of amides is 2. The quantitative estimate of drug-likeness (QED) is 0.295. The predicted octanol–water partition coefficient (Wildman–Crippen LogP) is 6.28. The highest BCUT2D eigenvalue weighted by molar-refractivity contribution is 6.01. The largest absolute Gasteiger partial charge is 0.448 e. The first-order valence-corrected chi connectivity index (χ1v) is 14.8. The number of likely N-dealkylation sites (tertiary alicyclic amines) is 1. The van der Waals surface area contributed by atoms with Crippen LogP contribution in [0.25, 0.3) is 11.1 Å². The highest BCUT2D eigenvalue weighted by atomic mass is 16.7. The molecule has 2 aliphatic heterocycles. The van der Waals surface area contributed by atoms with Gasteiger partial charge in [0.05, 0.1) is 5.71 Å². The Morgan fingerprint density at radius 3 is 2.19 bits per heavy atom. The summed E-state index contributed by atoms with van der Waals surface area (Å²) in [5.74, 6) is -0.286. The van der Waals surface area contributed by atoms with Gasteiger partial charge in [0, 0.05) is 38.3 Å². The van der Waals surface area contributed by atoms with Crippen molar-refractivity contribution in [1.82, 2.24) is 10.2 Å². The zero-order chi connectivity index (χ0) is 29.2. The average molecular weight is 572 g/mol. The van der Waals surface area contributed by atoms with Crippen LogP contribution in [0.3, 0.4) is 0 Å². The third-order valence-corrected chi connectivity index (χ3v) is 8.88. The number of hydrogen-bond acceptors (Lipinski definition) is 5. The number of oxime groups is 1. The van der Waals surface area contributed by atoms with E-state index < -0.39 is 17.7 Å². The number of nitrogens with one attached hydrogen (secondary N) is 1. The number of ether oxygens (including phenoxy) is 1. The Morgan fingerprint density at radius 1 is 0.860 bits per heavy atom. The van der Waals surface area contributed by atoms with Crippen LogP contribution in [0.5, 0.6) is 0 Å². The minimum Gasteiger partial charge on any atom is -0.448 e. The van der Waals surface area contributed by atoms with Gasteiger partial charge in [-0.2, -0.15) is 0 Å². The molecule has 0 bridgehead atoms. The number of piperidine rings is 1. The molecule has 1 aliphatic carbocycles. The number of carbonyl (C=O) groups is 2. The Hall–Kier alpha value is -4.91. The van der Waals surface area contributed by atoms with E-state index in [-0.39, 0.29) is 18.4 Å². The maximum absolute atomic E-state index is 13.7. The monoisotopic (exact) mass is 571 g/mol. The van der Waals surface area contributed by atoms with Crippen LogP contribution < -0.4 is 5.32 Å². The van der Waals surface area contributed by atoms with Crippen LogP contribution in [-0.2, 0) is 20.9 Å². The molecule has 3 aliphatic rings. The molecular weight excluding hydrogens is 538 g/mol. The predicted molar refractivity (Wildman–Crippen MR) is 164 cm³/mol. The molecule has 4 aromatic carbocycles. The summed E-state index contributed by atoms with van der Waals surface area (Å²) >= 11 is 0. The number of nitrogens with zero attached hydrogens (tertiary/aromatic N) is 2. The number of rotatable bonds is 6. The lowest BCUT2D eigenvalue weighted by molar-refractivity contribution is -0.135. The summed E-state index contributed by atoms with van der Waals surface area (Å²) in [4.78, 5) is 35.1. The van der Waals surface area contributed by atoms with E-state index >= 15 is 0 Å². The van der Waals surface area contributed by atoms with Gasteiger partial charge in [-0.25, -0.2) is 4.79 Å². The zero-order valence-electron chi connectivity index (χ0n) is 23.8. The Labute approximate surface area is 251 Å². The van der Waals surface area contributed by atoms with Crippen molar-refractivity contribution in [3.05, 3.63) is 131 Å². The number of benzene rings is 4. The van der Waals surface area contributed by atoms with E-state index in [1.165, 1.54) is 11.1 Å². The van der Waals surface area contributed by atoms with Crippen molar-refractivity contribution < 1.29 is 19.2 Å². The molecule has 1 saturated heterocycles. The third kappa shape index (κ3) is 5.27. The highest BCUT2D eigenvalue weighted by Crippen LogP contribution is 2.45. The molecule has 7 rings (SSSR count). The molecule has 1 spiro atoms. The van der Waals surface area contributed by atoms with Gasteiger partial charge >= 0.3 is 6.09 Å². The minimum absolute atomic E-state index is 0.0576. The van der Waals surface area contributed by atoms with Crippen LogP contribution in [0.15, 0.2) is 114 Å². The lowest BCUT2D eigenvalue weighted by Gasteiger charge is -2.41. The van der Waals surface area contributed by atoms with E-state index in [1.54, 1.807) is 4.90 Å². The number of fused-ring (bicyclic) bond motifs is 3. The molecular formula is C36H33N3O4. The van der Waals surface area contributed by atoms with Crippen molar-refractivity contribution in [3.63, 3.8) is 0 Å². The summed E-state index contributed by atoms with van der Waals surface area (Å²) in [6.07, 6.45) is 0.980. The Kier molecular flexibility index (Phi) is 7.15. The summed E-state index contributed by atoms with van der Waals surface area (Å²) in [5.41, 5.74) is 6.84. The lowest BCUT2D eigenvalue weighted by atomic mass is 9.81. The van der Waals surface area contributed by atoms with Gasteiger partial charge in [-0.1, -0.05) is 114 Å². The molecule has 1 N–H and O–H groups in total. The fourth-order valence-corrected chi connectivity index (χ4v) is 6.63. The standard InChI is InChI=1S/C36H33N3O4/c40-34(37-23-25-11-3-1-4-12-25)33-22-36(21-32(38-43-36)26-13-5-2-6-14-26)19-20-39(33)35(41)42-24-31-29-17-9-7-15-27(29)28-16-8-10-18-30(28)31/h1-18,31,33H,19-24H2,(H,37,40)/t33-,36+/m0/s1. The van der Waals surface area contributed by atoms with E-state index in [2.05, 4.69) is 34.7 Å². The topological polar surface area (TPSA) is 80.2 Å². The van der Waals surface area contributed by atoms with Crippen molar-refractivity contribution in [3.8, 4) is 11.1 Å². The van der Waals surface area contributed by atoms with Crippen molar-refractivity contribution in [2.45, 2.75) is 43.4 Å². The van der Waals surface area contributed by atoms with E-state index in [0.717, 1.165) is 28.0 Å². The third-order valence-electron chi connectivity index (χ3n) is 8.88. The smallest absolute Gasteiger partial charge is 0.410 e. The molecule has 7 nitrogen and oxygen atoms in total. The maximum atomic E-state index is 13.7. The zero-order valence-corrected chi connectivity index (χ0v) is 23.8. The second-order valence-corrected chi connectivity index (χ2v) is 11.5. The first-order valence-electron chi connectivity index (χ1n) is 14.8. The lowest BCUT2D eigenvalue weighted by Crippen LogP contribution is -2.58. The van der Waals surface area contributed by atoms with E-state index in [0.29, 0.717) is 32.4 Å². The molecule has 2 heterocycles.